The summed E-state index contributed by atoms with van der Waals surface area (Å²) in [5, 5.41) is 0. The average molecular weight is 331 g/mol. The minimum atomic E-state index is 0.163. The van der Waals surface area contributed by atoms with Gasteiger partial charge in [0, 0.05) is 12.3 Å². The molecule has 0 N–H and O–H groups in total. The van der Waals surface area contributed by atoms with Crippen LogP contribution in [0.1, 0.15) is 96.5 Å². The first-order valence-corrected chi connectivity index (χ1v) is 10.3. The van der Waals surface area contributed by atoms with E-state index < -0.39 is 0 Å². The summed E-state index contributed by atoms with van der Waals surface area (Å²) in [6, 6.07) is 10.4. The first kappa shape index (κ1) is 20.9. The van der Waals surface area contributed by atoms with E-state index >= 15 is 0 Å². The lowest BCUT2D eigenvalue weighted by Crippen LogP contribution is -2.13. The van der Waals surface area contributed by atoms with Crippen LogP contribution in [0.15, 0.2) is 30.3 Å². The van der Waals surface area contributed by atoms with Gasteiger partial charge in [-0.2, -0.15) is 0 Å². The second-order valence-corrected chi connectivity index (χ2v) is 7.34. The lowest BCUT2D eigenvalue weighted by molar-refractivity contribution is -0.122. The summed E-state index contributed by atoms with van der Waals surface area (Å²) < 4.78 is 0. The molecule has 0 radical (unpaired) electrons. The van der Waals surface area contributed by atoms with Crippen LogP contribution in [-0.4, -0.2) is 5.78 Å². The molecule has 0 aliphatic rings. The van der Waals surface area contributed by atoms with Crippen LogP contribution in [0.5, 0.6) is 0 Å². The molecule has 0 saturated carbocycles. The molecule has 0 heterocycles. The maximum atomic E-state index is 12.2. The summed E-state index contributed by atoms with van der Waals surface area (Å²) >= 11 is 0. The Bertz CT molecular complexity index is 409. The van der Waals surface area contributed by atoms with Crippen LogP contribution in [0.2, 0.25) is 0 Å². The van der Waals surface area contributed by atoms with Crippen LogP contribution in [-0.2, 0) is 11.2 Å². The number of unbranched alkanes of at least 4 members (excludes halogenated alkanes) is 10. The van der Waals surface area contributed by atoms with Crippen LogP contribution >= 0.6 is 0 Å². The van der Waals surface area contributed by atoms with Gasteiger partial charge in [-0.15, -0.1) is 0 Å². The molecule has 0 spiro atoms. The fourth-order valence-corrected chi connectivity index (χ4v) is 3.29. The predicted molar refractivity (Wildman–Crippen MR) is 105 cm³/mol. The van der Waals surface area contributed by atoms with E-state index in [9.17, 15) is 4.79 Å². The van der Waals surface area contributed by atoms with Crippen molar-refractivity contribution < 1.29 is 4.79 Å². The van der Waals surface area contributed by atoms with Gasteiger partial charge in [0.05, 0.1) is 0 Å². The molecular weight excluding hydrogens is 292 g/mol. The summed E-state index contributed by atoms with van der Waals surface area (Å²) in [6.45, 7) is 4.35. The van der Waals surface area contributed by atoms with Gasteiger partial charge in [-0.1, -0.05) is 108 Å². The maximum absolute atomic E-state index is 12.2. The summed E-state index contributed by atoms with van der Waals surface area (Å²) in [5.74, 6) is 0.602. The Balaban J connectivity index is 1.94. The van der Waals surface area contributed by atoms with Crippen LogP contribution < -0.4 is 0 Å². The number of rotatable bonds is 15. The summed E-state index contributed by atoms with van der Waals surface area (Å²) in [6.07, 6.45) is 16.4. The topological polar surface area (TPSA) is 17.1 Å². The first-order valence-electron chi connectivity index (χ1n) is 10.3. The van der Waals surface area contributed by atoms with Crippen molar-refractivity contribution >= 4 is 5.78 Å². The third-order valence-corrected chi connectivity index (χ3v) is 4.96. The van der Waals surface area contributed by atoms with Gasteiger partial charge in [-0.05, 0) is 18.4 Å². The zero-order valence-corrected chi connectivity index (χ0v) is 16.1. The normalized spacial score (nSPS) is 12.2. The van der Waals surface area contributed by atoms with Crippen molar-refractivity contribution in [2.75, 3.05) is 0 Å². The highest BCUT2D eigenvalue weighted by Gasteiger charge is 2.12. The zero-order valence-electron chi connectivity index (χ0n) is 16.1. The molecule has 0 aliphatic carbocycles. The molecule has 1 aromatic carbocycles. The van der Waals surface area contributed by atoms with Crippen molar-refractivity contribution in [1.29, 1.82) is 0 Å². The highest BCUT2D eigenvalue weighted by molar-refractivity contribution is 5.80. The Hall–Kier alpha value is -1.11. The van der Waals surface area contributed by atoms with Gasteiger partial charge in [0.2, 0.25) is 0 Å². The van der Waals surface area contributed by atoms with Crippen molar-refractivity contribution in [1.82, 2.24) is 0 Å². The molecule has 1 rings (SSSR count). The Morgan fingerprint density at radius 3 is 1.83 bits per heavy atom. The number of ketones is 1. The maximum Gasteiger partial charge on any atom is 0.136 e. The largest absolute Gasteiger partial charge is 0.299 e. The zero-order chi connectivity index (χ0) is 17.5. The summed E-state index contributed by atoms with van der Waals surface area (Å²) in [5.41, 5.74) is 1.28. The molecule has 0 saturated heterocycles. The quantitative estimate of drug-likeness (QED) is 0.312. The van der Waals surface area contributed by atoms with Crippen molar-refractivity contribution in [2.24, 2.45) is 5.92 Å². The number of carbonyl (C=O) groups excluding carboxylic acids is 1. The van der Waals surface area contributed by atoms with Crippen molar-refractivity contribution in [3.63, 3.8) is 0 Å². The molecule has 0 amide bonds. The van der Waals surface area contributed by atoms with E-state index in [0.29, 0.717) is 5.78 Å². The molecule has 0 aliphatic heterocycles. The molecule has 1 heteroatoms. The molecule has 0 fully saturated rings. The van der Waals surface area contributed by atoms with Crippen LogP contribution in [0, 0.1) is 5.92 Å². The van der Waals surface area contributed by atoms with Gasteiger partial charge >= 0.3 is 0 Å². The number of benzene rings is 1. The second kappa shape index (κ2) is 14.3. The second-order valence-electron chi connectivity index (χ2n) is 7.34. The van der Waals surface area contributed by atoms with Crippen molar-refractivity contribution in [2.45, 2.75) is 97.3 Å². The Labute approximate surface area is 150 Å². The molecular formula is C23H38O. The molecule has 1 aromatic rings. The predicted octanol–water partition coefficient (Wildman–Crippen LogP) is 7.14. The van der Waals surface area contributed by atoms with Gasteiger partial charge < -0.3 is 0 Å². The van der Waals surface area contributed by atoms with E-state index in [1.807, 2.05) is 6.07 Å². The van der Waals surface area contributed by atoms with Gasteiger partial charge in [-0.3, -0.25) is 4.79 Å². The number of hydrogen-bond donors (Lipinski definition) is 0. The Morgan fingerprint density at radius 1 is 0.792 bits per heavy atom. The van der Waals surface area contributed by atoms with Gasteiger partial charge in [0.15, 0.2) is 0 Å². The van der Waals surface area contributed by atoms with Crippen LogP contribution in [0.4, 0.5) is 0 Å². The third kappa shape index (κ3) is 10.6. The van der Waals surface area contributed by atoms with Gasteiger partial charge in [0.25, 0.3) is 0 Å². The monoisotopic (exact) mass is 330 g/mol. The lowest BCUT2D eigenvalue weighted by atomic mass is 9.94. The summed E-state index contributed by atoms with van der Waals surface area (Å²) in [7, 11) is 0. The fraction of sp³-hybridized carbons (Fsp3) is 0.696. The highest BCUT2D eigenvalue weighted by Crippen LogP contribution is 2.15. The number of carbonyl (C=O) groups is 1. The summed E-state index contributed by atoms with van der Waals surface area (Å²) in [4.78, 5) is 12.2. The number of hydrogen-bond acceptors (Lipinski definition) is 1. The smallest absolute Gasteiger partial charge is 0.136 e. The fourth-order valence-electron chi connectivity index (χ4n) is 3.29. The molecule has 1 unspecified atom stereocenters. The van der Waals surface area contributed by atoms with E-state index in [0.717, 1.165) is 19.3 Å². The SMILES string of the molecule is CCCCCCCCCCCCCC(=O)C(C)Cc1ccccc1. The van der Waals surface area contributed by atoms with Gasteiger partial charge in [-0.25, -0.2) is 0 Å². The Morgan fingerprint density at radius 2 is 1.29 bits per heavy atom. The molecule has 1 atom stereocenters. The molecule has 24 heavy (non-hydrogen) atoms. The third-order valence-electron chi connectivity index (χ3n) is 4.96. The molecule has 1 nitrogen and oxygen atoms in total. The lowest BCUT2D eigenvalue weighted by Gasteiger charge is -2.10. The average Bonchev–Trinajstić information content (AvgIpc) is 2.60. The van der Waals surface area contributed by atoms with E-state index in [2.05, 4.69) is 38.1 Å². The Kier molecular flexibility index (Phi) is 12.4. The standard InChI is InChI=1S/C23H38O/c1-3-4-5-6-7-8-9-10-11-12-16-19-23(24)21(2)20-22-17-14-13-15-18-22/h13-15,17-18,21H,3-12,16,19-20H2,1-2H3. The molecule has 136 valence electrons. The van der Waals surface area contributed by atoms with E-state index in [1.54, 1.807) is 0 Å². The van der Waals surface area contributed by atoms with E-state index in [1.165, 1.54) is 69.8 Å². The van der Waals surface area contributed by atoms with Crippen LogP contribution in [0.3, 0.4) is 0 Å². The molecule has 0 bridgehead atoms. The minimum absolute atomic E-state index is 0.163. The van der Waals surface area contributed by atoms with E-state index in [-0.39, 0.29) is 5.92 Å². The first-order chi connectivity index (χ1) is 11.7. The van der Waals surface area contributed by atoms with E-state index in [4.69, 9.17) is 0 Å². The van der Waals surface area contributed by atoms with Crippen molar-refractivity contribution in [3.8, 4) is 0 Å². The van der Waals surface area contributed by atoms with Gasteiger partial charge in [0.1, 0.15) is 5.78 Å². The van der Waals surface area contributed by atoms with Crippen molar-refractivity contribution in [3.05, 3.63) is 35.9 Å². The number of Topliss-reactive ketones (excluding diaryl/α,β-unsaturated/α-hetero) is 1. The minimum Gasteiger partial charge on any atom is -0.299 e. The highest BCUT2D eigenvalue weighted by atomic mass is 16.1. The molecule has 0 aromatic heterocycles. The van der Waals surface area contributed by atoms with Crippen LogP contribution in [0.25, 0.3) is 0 Å².